The van der Waals surface area contributed by atoms with Crippen molar-refractivity contribution in [1.29, 1.82) is 0 Å². The van der Waals surface area contributed by atoms with Crippen LogP contribution in [0.3, 0.4) is 0 Å². The normalized spacial score (nSPS) is 14.8. The number of halogens is 2. The van der Waals surface area contributed by atoms with Gasteiger partial charge in [-0.15, -0.1) is 0 Å². The van der Waals surface area contributed by atoms with E-state index in [9.17, 15) is 22.4 Å². The molecule has 108 valence electrons. The Morgan fingerprint density at radius 2 is 1.95 bits per heavy atom. The highest BCUT2D eigenvalue weighted by molar-refractivity contribution is 9.10. The SMILES string of the molecule is CCS(=O)(=O)CCN1C(=O)C(=O)c2cc(Br)c(F)cc21. The lowest BCUT2D eigenvalue weighted by Crippen LogP contribution is -2.34. The van der Waals surface area contributed by atoms with Crippen LogP contribution in [0, 0.1) is 5.82 Å². The second kappa shape index (κ2) is 5.25. The molecule has 8 heteroatoms. The van der Waals surface area contributed by atoms with Gasteiger partial charge < -0.3 is 4.90 Å². The lowest BCUT2D eigenvalue weighted by Gasteiger charge is -2.16. The first kappa shape index (κ1) is 15.1. The number of anilines is 1. The van der Waals surface area contributed by atoms with E-state index < -0.39 is 27.3 Å². The van der Waals surface area contributed by atoms with E-state index in [1.165, 1.54) is 13.0 Å². The van der Waals surface area contributed by atoms with E-state index in [0.29, 0.717) is 0 Å². The molecule has 5 nitrogen and oxygen atoms in total. The van der Waals surface area contributed by atoms with E-state index in [-0.39, 0.29) is 33.8 Å². The molecule has 0 spiro atoms. The van der Waals surface area contributed by atoms with Gasteiger partial charge in [-0.3, -0.25) is 9.59 Å². The number of rotatable bonds is 4. The summed E-state index contributed by atoms with van der Waals surface area (Å²) in [6.07, 6.45) is 0. The molecular formula is C12H11BrFNO4S. The Bertz CT molecular complexity index is 702. The van der Waals surface area contributed by atoms with Crippen molar-refractivity contribution in [1.82, 2.24) is 0 Å². The number of carbonyl (C=O) groups is 2. The third kappa shape index (κ3) is 2.62. The number of ketones is 1. The molecule has 0 fully saturated rings. The van der Waals surface area contributed by atoms with Gasteiger partial charge in [-0.1, -0.05) is 6.92 Å². The molecule has 0 atom stereocenters. The largest absolute Gasteiger partial charge is 0.304 e. The minimum absolute atomic E-state index is 0.0511. The molecule has 0 aliphatic carbocycles. The van der Waals surface area contributed by atoms with Gasteiger partial charge in [-0.2, -0.15) is 0 Å². The monoisotopic (exact) mass is 363 g/mol. The second-order valence-electron chi connectivity index (χ2n) is 4.31. The molecule has 1 heterocycles. The molecule has 2 rings (SSSR count). The predicted octanol–water partition coefficient (Wildman–Crippen LogP) is 1.55. The van der Waals surface area contributed by atoms with E-state index in [4.69, 9.17) is 0 Å². The summed E-state index contributed by atoms with van der Waals surface area (Å²) in [4.78, 5) is 24.6. The molecule has 1 aliphatic rings. The molecule has 0 aromatic heterocycles. The second-order valence-corrected chi connectivity index (χ2v) is 7.63. The fourth-order valence-electron chi connectivity index (χ4n) is 1.89. The van der Waals surface area contributed by atoms with Crippen molar-refractivity contribution in [3.8, 4) is 0 Å². The maximum Gasteiger partial charge on any atom is 0.299 e. The zero-order chi connectivity index (χ0) is 15.1. The van der Waals surface area contributed by atoms with Crippen LogP contribution in [-0.2, 0) is 14.6 Å². The van der Waals surface area contributed by atoms with Crippen LogP contribution in [0.5, 0.6) is 0 Å². The summed E-state index contributed by atoms with van der Waals surface area (Å²) < 4.78 is 36.6. The highest BCUT2D eigenvalue weighted by atomic mass is 79.9. The number of Topliss-reactive ketones (excluding diaryl/α,β-unsaturated/α-hetero) is 1. The Hall–Kier alpha value is -1.28. The number of fused-ring (bicyclic) bond motifs is 1. The molecule has 1 aliphatic heterocycles. The lowest BCUT2D eigenvalue weighted by molar-refractivity contribution is -0.114. The summed E-state index contributed by atoms with van der Waals surface area (Å²) in [5.74, 6) is -2.52. The zero-order valence-electron chi connectivity index (χ0n) is 10.5. The first-order chi connectivity index (χ1) is 9.26. The number of benzene rings is 1. The van der Waals surface area contributed by atoms with E-state index in [0.717, 1.165) is 11.0 Å². The van der Waals surface area contributed by atoms with Gasteiger partial charge in [0.2, 0.25) is 0 Å². The summed E-state index contributed by atoms with van der Waals surface area (Å²) >= 11 is 2.95. The number of nitrogens with zero attached hydrogens (tertiary/aromatic N) is 1. The van der Waals surface area contributed by atoms with Crippen LogP contribution in [0.1, 0.15) is 17.3 Å². The van der Waals surface area contributed by atoms with Crippen LogP contribution < -0.4 is 4.90 Å². The number of hydrogen-bond acceptors (Lipinski definition) is 4. The van der Waals surface area contributed by atoms with Gasteiger partial charge in [-0.05, 0) is 28.1 Å². The number of sulfone groups is 1. The standard InChI is InChI=1S/C12H11BrFNO4S/c1-2-20(18,19)4-3-15-10-6-9(14)8(13)5-7(10)11(16)12(15)17/h5-6H,2-4H2,1H3. The lowest BCUT2D eigenvalue weighted by atomic mass is 10.1. The number of carbonyl (C=O) groups excluding carboxylic acids is 2. The van der Waals surface area contributed by atoms with Gasteiger partial charge in [0.15, 0.2) is 9.84 Å². The zero-order valence-corrected chi connectivity index (χ0v) is 12.9. The van der Waals surface area contributed by atoms with Gasteiger partial charge in [0, 0.05) is 12.3 Å². The Balaban J connectivity index is 2.36. The number of amides is 1. The van der Waals surface area contributed by atoms with Crippen LogP contribution in [0.2, 0.25) is 0 Å². The topological polar surface area (TPSA) is 71.5 Å². The predicted molar refractivity (Wildman–Crippen MR) is 75.1 cm³/mol. The molecular weight excluding hydrogens is 353 g/mol. The smallest absolute Gasteiger partial charge is 0.299 e. The van der Waals surface area contributed by atoms with Gasteiger partial charge in [0.05, 0.1) is 21.5 Å². The van der Waals surface area contributed by atoms with Gasteiger partial charge in [0.1, 0.15) is 5.82 Å². The molecule has 0 unspecified atom stereocenters. The van der Waals surface area contributed by atoms with Crippen molar-refractivity contribution in [2.24, 2.45) is 0 Å². The summed E-state index contributed by atoms with van der Waals surface area (Å²) in [5.41, 5.74) is 0.198. The summed E-state index contributed by atoms with van der Waals surface area (Å²) in [5, 5.41) is 0. The molecule has 0 bridgehead atoms. The summed E-state index contributed by atoms with van der Waals surface area (Å²) in [7, 11) is -3.28. The van der Waals surface area contributed by atoms with E-state index >= 15 is 0 Å². The highest BCUT2D eigenvalue weighted by Gasteiger charge is 2.37. The molecule has 0 radical (unpaired) electrons. The van der Waals surface area contributed by atoms with Gasteiger partial charge in [-0.25, -0.2) is 12.8 Å². The fourth-order valence-corrected chi connectivity index (χ4v) is 2.98. The van der Waals surface area contributed by atoms with E-state index in [2.05, 4.69) is 15.9 Å². The third-order valence-corrected chi connectivity index (χ3v) is 5.37. The van der Waals surface area contributed by atoms with Gasteiger partial charge in [0.25, 0.3) is 11.7 Å². The maximum absolute atomic E-state index is 13.5. The minimum atomic E-state index is -3.28. The Labute approximate surface area is 123 Å². The molecule has 1 amide bonds. The van der Waals surface area contributed by atoms with Crippen molar-refractivity contribution in [2.45, 2.75) is 6.92 Å². The van der Waals surface area contributed by atoms with Crippen molar-refractivity contribution >= 4 is 43.1 Å². The van der Waals surface area contributed by atoms with Crippen LogP contribution in [0.25, 0.3) is 0 Å². The van der Waals surface area contributed by atoms with Crippen molar-refractivity contribution in [3.05, 3.63) is 28.0 Å². The van der Waals surface area contributed by atoms with Crippen LogP contribution >= 0.6 is 15.9 Å². The maximum atomic E-state index is 13.5. The quantitative estimate of drug-likeness (QED) is 0.761. The first-order valence-corrected chi connectivity index (χ1v) is 8.44. The molecule has 20 heavy (non-hydrogen) atoms. The molecule has 1 aromatic carbocycles. The molecule has 0 N–H and O–H groups in total. The average molecular weight is 364 g/mol. The Morgan fingerprint density at radius 3 is 2.55 bits per heavy atom. The molecule has 0 saturated heterocycles. The van der Waals surface area contributed by atoms with Crippen LogP contribution in [0.15, 0.2) is 16.6 Å². The van der Waals surface area contributed by atoms with Crippen LogP contribution in [-0.4, -0.2) is 38.2 Å². The highest BCUT2D eigenvalue weighted by Crippen LogP contribution is 2.33. The Kier molecular flexibility index (Phi) is 3.97. The minimum Gasteiger partial charge on any atom is -0.304 e. The van der Waals surface area contributed by atoms with E-state index in [1.54, 1.807) is 0 Å². The Morgan fingerprint density at radius 1 is 1.30 bits per heavy atom. The number of hydrogen-bond donors (Lipinski definition) is 0. The molecule has 0 saturated carbocycles. The van der Waals surface area contributed by atoms with Crippen molar-refractivity contribution in [2.75, 3.05) is 23.0 Å². The van der Waals surface area contributed by atoms with E-state index in [1.807, 2.05) is 0 Å². The first-order valence-electron chi connectivity index (χ1n) is 5.82. The summed E-state index contributed by atoms with van der Waals surface area (Å²) in [6, 6.07) is 2.29. The third-order valence-electron chi connectivity index (χ3n) is 3.08. The van der Waals surface area contributed by atoms with Crippen molar-refractivity contribution in [3.63, 3.8) is 0 Å². The summed E-state index contributed by atoms with van der Waals surface area (Å²) in [6.45, 7) is 1.34. The average Bonchev–Trinajstić information content (AvgIpc) is 2.61. The van der Waals surface area contributed by atoms with Crippen molar-refractivity contribution < 1.29 is 22.4 Å². The molecule has 1 aromatic rings. The van der Waals surface area contributed by atoms with Crippen LogP contribution in [0.4, 0.5) is 10.1 Å². The van der Waals surface area contributed by atoms with Gasteiger partial charge >= 0.3 is 0 Å². The fraction of sp³-hybridized carbons (Fsp3) is 0.333.